The highest BCUT2D eigenvalue weighted by Gasteiger charge is 2.33. The Hall–Kier alpha value is -1.45. The molecular weight excluding hydrogens is 251 g/mol. The minimum Gasteiger partial charge on any atom is -0.360 e. The summed E-state index contributed by atoms with van der Waals surface area (Å²) < 4.78 is 38.8. The van der Waals surface area contributed by atoms with Gasteiger partial charge in [-0.1, -0.05) is 32.9 Å². The molecule has 19 heavy (non-hydrogen) atoms. The third kappa shape index (κ3) is 2.48. The maximum absolute atomic E-state index is 12.9. The van der Waals surface area contributed by atoms with Crippen molar-refractivity contribution < 1.29 is 13.2 Å². The Morgan fingerprint density at radius 3 is 2.42 bits per heavy atom. The third-order valence-corrected chi connectivity index (χ3v) is 3.70. The summed E-state index contributed by atoms with van der Waals surface area (Å²) in [6.07, 6.45) is -1.67. The van der Waals surface area contributed by atoms with Crippen molar-refractivity contribution in [1.82, 2.24) is 4.98 Å². The number of benzene rings is 1. The zero-order valence-electron chi connectivity index (χ0n) is 11.3. The predicted molar refractivity (Wildman–Crippen MR) is 71.2 cm³/mol. The van der Waals surface area contributed by atoms with Crippen LogP contribution in [0.5, 0.6) is 0 Å². The molecule has 1 nitrogen and oxygen atoms in total. The summed E-state index contributed by atoms with van der Waals surface area (Å²) in [6, 6.07) is 4.37. The molecule has 1 atom stereocenters. The fourth-order valence-corrected chi connectivity index (χ4v) is 2.77. The summed E-state index contributed by atoms with van der Waals surface area (Å²) in [5.74, 6) is 0.677. The van der Waals surface area contributed by atoms with Crippen LogP contribution in [0, 0.1) is 5.92 Å². The summed E-state index contributed by atoms with van der Waals surface area (Å²) >= 11 is 0. The zero-order chi connectivity index (χ0) is 14.2. The Labute approximate surface area is 110 Å². The number of nitrogens with one attached hydrogen (secondary N) is 1. The Balaban J connectivity index is 2.62. The van der Waals surface area contributed by atoms with E-state index in [1.165, 1.54) is 6.07 Å². The Morgan fingerprint density at radius 2 is 1.89 bits per heavy atom. The topological polar surface area (TPSA) is 15.8 Å². The molecule has 104 valence electrons. The van der Waals surface area contributed by atoms with Gasteiger partial charge in [-0.2, -0.15) is 13.2 Å². The van der Waals surface area contributed by atoms with Gasteiger partial charge in [-0.3, -0.25) is 0 Å². The van der Waals surface area contributed by atoms with Crippen LogP contribution < -0.4 is 0 Å². The monoisotopic (exact) mass is 269 g/mol. The molecule has 1 aromatic carbocycles. The molecule has 1 aromatic heterocycles. The van der Waals surface area contributed by atoms with Crippen LogP contribution in [-0.4, -0.2) is 4.98 Å². The molecule has 0 saturated carbocycles. The smallest absolute Gasteiger partial charge is 0.360 e. The van der Waals surface area contributed by atoms with Crippen molar-refractivity contribution in [3.63, 3.8) is 0 Å². The summed E-state index contributed by atoms with van der Waals surface area (Å²) in [5, 5.41) is 0.690. The molecule has 0 fully saturated rings. The van der Waals surface area contributed by atoms with E-state index in [1.807, 2.05) is 0 Å². The molecule has 2 aromatic rings. The molecule has 2 rings (SSSR count). The summed E-state index contributed by atoms with van der Waals surface area (Å²) in [6.45, 7) is 6.26. The van der Waals surface area contributed by atoms with Gasteiger partial charge in [-0.15, -0.1) is 0 Å². The van der Waals surface area contributed by atoms with Gasteiger partial charge >= 0.3 is 6.18 Å². The van der Waals surface area contributed by atoms with Crippen LogP contribution in [0.1, 0.15) is 44.2 Å². The fraction of sp³-hybridized carbons (Fsp3) is 0.467. The van der Waals surface area contributed by atoms with E-state index in [0.717, 1.165) is 18.1 Å². The quantitative estimate of drug-likeness (QED) is 0.774. The van der Waals surface area contributed by atoms with Gasteiger partial charge in [-0.25, -0.2) is 0 Å². The van der Waals surface area contributed by atoms with Crippen LogP contribution in [0.2, 0.25) is 0 Å². The van der Waals surface area contributed by atoms with Gasteiger partial charge in [0, 0.05) is 11.6 Å². The maximum atomic E-state index is 12.9. The van der Waals surface area contributed by atoms with Gasteiger partial charge in [-0.05, 0) is 29.9 Å². The van der Waals surface area contributed by atoms with E-state index in [2.05, 4.69) is 25.8 Å². The molecule has 0 spiro atoms. The molecule has 0 aliphatic carbocycles. The molecule has 0 aliphatic rings. The Kier molecular flexibility index (Phi) is 3.61. The number of fused-ring (bicyclic) bond motifs is 1. The van der Waals surface area contributed by atoms with E-state index in [9.17, 15) is 13.2 Å². The average molecular weight is 269 g/mol. The Bertz CT molecular complexity index is 566. The van der Waals surface area contributed by atoms with Gasteiger partial charge in [0.05, 0.1) is 11.1 Å². The summed E-state index contributed by atoms with van der Waals surface area (Å²) in [4.78, 5) is 2.81. The molecule has 1 N–H and O–H groups in total. The lowest BCUT2D eigenvalue weighted by molar-refractivity contribution is -0.136. The Morgan fingerprint density at radius 1 is 1.21 bits per heavy atom. The van der Waals surface area contributed by atoms with E-state index in [0.29, 0.717) is 11.3 Å². The van der Waals surface area contributed by atoms with E-state index in [1.54, 1.807) is 12.3 Å². The van der Waals surface area contributed by atoms with Crippen molar-refractivity contribution in [2.24, 2.45) is 5.92 Å². The minimum absolute atomic E-state index is 0.198. The number of hydrogen-bond acceptors (Lipinski definition) is 0. The maximum Gasteiger partial charge on any atom is 0.418 e. The van der Waals surface area contributed by atoms with Gasteiger partial charge < -0.3 is 4.98 Å². The first-order chi connectivity index (χ1) is 8.86. The number of H-pyrrole nitrogens is 1. The van der Waals surface area contributed by atoms with E-state index in [4.69, 9.17) is 0 Å². The number of aromatic nitrogens is 1. The second-order valence-electron chi connectivity index (χ2n) is 5.23. The first-order valence-corrected chi connectivity index (χ1v) is 6.53. The number of rotatable bonds is 3. The van der Waals surface area contributed by atoms with Gasteiger partial charge in [0.1, 0.15) is 0 Å². The molecule has 0 amide bonds. The SMILES string of the molecule is CCC(c1c[nH]c2c(C(F)(F)F)cccc12)C(C)C. The van der Waals surface area contributed by atoms with Crippen LogP contribution in [0.4, 0.5) is 13.2 Å². The van der Waals surface area contributed by atoms with Crippen LogP contribution in [0.25, 0.3) is 10.9 Å². The van der Waals surface area contributed by atoms with Crippen LogP contribution in [0.3, 0.4) is 0 Å². The first-order valence-electron chi connectivity index (χ1n) is 6.53. The van der Waals surface area contributed by atoms with Gasteiger partial charge in [0.25, 0.3) is 0 Å². The van der Waals surface area contributed by atoms with Crippen LogP contribution >= 0.6 is 0 Å². The lowest BCUT2D eigenvalue weighted by atomic mass is 9.86. The van der Waals surface area contributed by atoms with Crippen molar-refractivity contribution in [1.29, 1.82) is 0 Å². The van der Waals surface area contributed by atoms with Crippen molar-refractivity contribution >= 4 is 10.9 Å². The van der Waals surface area contributed by atoms with Gasteiger partial charge in [0.2, 0.25) is 0 Å². The first kappa shape index (κ1) is 14.0. The lowest BCUT2D eigenvalue weighted by Gasteiger charge is -2.18. The molecule has 0 radical (unpaired) electrons. The molecule has 0 aliphatic heterocycles. The van der Waals surface area contributed by atoms with Crippen molar-refractivity contribution in [3.8, 4) is 0 Å². The van der Waals surface area contributed by atoms with Crippen molar-refractivity contribution in [3.05, 3.63) is 35.5 Å². The average Bonchev–Trinajstić information content (AvgIpc) is 2.72. The highest BCUT2D eigenvalue weighted by atomic mass is 19.4. The number of para-hydroxylation sites is 1. The molecule has 1 heterocycles. The lowest BCUT2D eigenvalue weighted by Crippen LogP contribution is -2.06. The third-order valence-electron chi connectivity index (χ3n) is 3.70. The molecule has 0 bridgehead atoms. The normalized spacial score (nSPS) is 14.3. The predicted octanol–water partition coefficient (Wildman–Crippen LogP) is 5.34. The molecular formula is C15H18F3N. The van der Waals surface area contributed by atoms with Gasteiger partial charge in [0.15, 0.2) is 0 Å². The number of alkyl halides is 3. The summed E-state index contributed by atoms with van der Waals surface area (Å²) in [7, 11) is 0. The summed E-state index contributed by atoms with van der Waals surface area (Å²) in [5.41, 5.74) is 0.595. The van der Waals surface area contributed by atoms with Crippen molar-refractivity contribution in [2.75, 3.05) is 0 Å². The minimum atomic E-state index is -4.32. The van der Waals surface area contributed by atoms with E-state index in [-0.39, 0.29) is 11.4 Å². The number of hydrogen-bond donors (Lipinski definition) is 1. The van der Waals surface area contributed by atoms with E-state index >= 15 is 0 Å². The standard InChI is InChI=1S/C15H18F3N/c1-4-10(9(2)3)12-8-19-14-11(12)6-5-7-13(14)15(16,17)18/h5-10,19H,4H2,1-3H3. The molecule has 1 unspecified atom stereocenters. The molecule has 4 heteroatoms. The highest BCUT2D eigenvalue weighted by Crippen LogP contribution is 2.38. The number of aromatic amines is 1. The van der Waals surface area contributed by atoms with Crippen LogP contribution in [0.15, 0.2) is 24.4 Å². The molecule has 0 saturated heterocycles. The highest BCUT2D eigenvalue weighted by molar-refractivity contribution is 5.87. The van der Waals surface area contributed by atoms with Crippen LogP contribution in [-0.2, 0) is 6.18 Å². The van der Waals surface area contributed by atoms with Crippen molar-refractivity contribution in [2.45, 2.75) is 39.3 Å². The van der Waals surface area contributed by atoms with E-state index < -0.39 is 11.7 Å². The zero-order valence-corrected chi connectivity index (χ0v) is 11.3. The second-order valence-corrected chi connectivity index (χ2v) is 5.23. The second kappa shape index (κ2) is 4.91. The number of halogens is 3. The fourth-order valence-electron chi connectivity index (χ4n) is 2.77. The largest absolute Gasteiger partial charge is 0.418 e.